The molecule has 0 saturated carbocycles. The quantitative estimate of drug-likeness (QED) is 0.434. The monoisotopic (exact) mass is 415 g/mol. The van der Waals surface area contributed by atoms with Crippen molar-refractivity contribution in [2.75, 3.05) is 18.5 Å². The van der Waals surface area contributed by atoms with Crippen LogP contribution in [0.4, 0.5) is 5.95 Å². The number of benzene rings is 2. The van der Waals surface area contributed by atoms with E-state index in [4.69, 9.17) is 4.74 Å². The first-order chi connectivity index (χ1) is 15.1. The predicted molar refractivity (Wildman–Crippen MR) is 120 cm³/mol. The zero-order valence-corrected chi connectivity index (χ0v) is 17.6. The van der Waals surface area contributed by atoms with Crippen molar-refractivity contribution in [2.45, 2.75) is 19.8 Å². The molecule has 0 spiro atoms. The number of para-hydroxylation sites is 2. The number of hydrogen-bond acceptors (Lipinski definition) is 6. The molecule has 158 valence electrons. The number of carbonyl (C=O) groups excluding carboxylic acids is 1. The third-order valence-corrected chi connectivity index (χ3v) is 4.85. The number of imidazole rings is 1. The average molecular weight is 415 g/mol. The van der Waals surface area contributed by atoms with Crippen molar-refractivity contribution in [3.8, 4) is 5.82 Å². The lowest BCUT2D eigenvalue weighted by Gasteiger charge is -2.18. The number of anilines is 1. The molecule has 7 nitrogen and oxygen atoms in total. The molecule has 1 atom stereocenters. The fraction of sp³-hybridized carbons (Fsp3) is 0.250. The maximum atomic E-state index is 12.8. The first kappa shape index (κ1) is 20.5. The molecular formula is C24H25N5O2. The van der Waals surface area contributed by atoms with E-state index in [0.717, 1.165) is 16.6 Å². The summed E-state index contributed by atoms with van der Waals surface area (Å²) in [4.78, 5) is 26.1. The summed E-state index contributed by atoms with van der Waals surface area (Å²) < 4.78 is 7.42. The van der Waals surface area contributed by atoms with E-state index in [1.54, 1.807) is 12.5 Å². The standard InChI is InChI=1S/C24H25N5O2/c1-17(2)15-31-23(30)19(18-8-4-3-5-9-18)14-26-24-25-13-12-22(28-24)29-16-27-20-10-6-7-11-21(20)29/h3-13,16-17,19H,14-15H2,1-2H3,(H,25,26,28)/t19-/m0/s1. The Labute approximate surface area is 181 Å². The Morgan fingerprint density at radius 3 is 2.61 bits per heavy atom. The van der Waals surface area contributed by atoms with Gasteiger partial charge in [-0.1, -0.05) is 56.3 Å². The maximum Gasteiger partial charge on any atom is 0.315 e. The van der Waals surface area contributed by atoms with Gasteiger partial charge in [-0.05, 0) is 29.7 Å². The minimum atomic E-state index is -0.457. The molecule has 0 radical (unpaired) electrons. The second-order valence-corrected chi connectivity index (χ2v) is 7.71. The Kier molecular flexibility index (Phi) is 6.21. The lowest BCUT2D eigenvalue weighted by molar-refractivity contribution is -0.146. The normalized spacial score (nSPS) is 12.1. The van der Waals surface area contributed by atoms with Crippen LogP contribution in [0.25, 0.3) is 16.9 Å². The predicted octanol–water partition coefficient (Wildman–Crippen LogP) is 4.21. The van der Waals surface area contributed by atoms with Crippen LogP contribution in [0.15, 0.2) is 73.2 Å². The molecule has 7 heteroatoms. The second-order valence-electron chi connectivity index (χ2n) is 7.71. The van der Waals surface area contributed by atoms with Gasteiger partial charge in [0.15, 0.2) is 0 Å². The van der Waals surface area contributed by atoms with Crippen LogP contribution < -0.4 is 5.32 Å². The molecule has 2 heterocycles. The Balaban J connectivity index is 1.53. The second kappa shape index (κ2) is 9.38. The number of rotatable bonds is 8. The number of fused-ring (bicyclic) bond motifs is 1. The molecule has 31 heavy (non-hydrogen) atoms. The van der Waals surface area contributed by atoms with Crippen molar-refractivity contribution < 1.29 is 9.53 Å². The zero-order chi connectivity index (χ0) is 21.6. The Morgan fingerprint density at radius 1 is 1.03 bits per heavy atom. The third-order valence-electron chi connectivity index (χ3n) is 4.85. The average Bonchev–Trinajstić information content (AvgIpc) is 3.23. The number of carbonyl (C=O) groups is 1. The molecule has 0 amide bonds. The number of aromatic nitrogens is 4. The maximum absolute atomic E-state index is 12.8. The lowest BCUT2D eigenvalue weighted by atomic mass is 9.99. The van der Waals surface area contributed by atoms with Gasteiger partial charge in [0.1, 0.15) is 12.1 Å². The van der Waals surface area contributed by atoms with E-state index in [1.165, 1.54) is 0 Å². The van der Waals surface area contributed by atoms with Gasteiger partial charge < -0.3 is 10.1 Å². The van der Waals surface area contributed by atoms with Crippen LogP contribution in [0.2, 0.25) is 0 Å². The summed E-state index contributed by atoms with van der Waals surface area (Å²) in [7, 11) is 0. The molecule has 0 aliphatic rings. The van der Waals surface area contributed by atoms with Gasteiger partial charge in [0.2, 0.25) is 5.95 Å². The highest BCUT2D eigenvalue weighted by Gasteiger charge is 2.23. The molecule has 0 aliphatic heterocycles. The lowest BCUT2D eigenvalue weighted by Crippen LogP contribution is -2.25. The van der Waals surface area contributed by atoms with Gasteiger partial charge in [-0.2, -0.15) is 4.98 Å². The van der Waals surface area contributed by atoms with Crippen molar-refractivity contribution in [3.63, 3.8) is 0 Å². The minimum Gasteiger partial charge on any atom is -0.465 e. The highest BCUT2D eigenvalue weighted by Crippen LogP contribution is 2.20. The van der Waals surface area contributed by atoms with Gasteiger partial charge in [0, 0.05) is 12.7 Å². The van der Waals surface area contributed by atoms with E-state index in [1.807, 2.05) is 79.1 Å². The summed E-state index contributed by atoms with van der Waals surface area (Å²) in [5.41, 5.74) is 2.75. The first-order valence-electron chi connectivity index (χ1n) is 10.3. The van der Waals surface area contributed by atoms with Crippen molar-refractivity contribution >= 4 is 23.0 Å². The molecule has 0 unspecified atom stereocenters. The largest absolute Gasteiger partial charge is 0.465 e. The van der Waals surface area contributed by atoms with Crippen molar-refractivity contribution in [3.05, 3.63) is 78.8 Å². The Morgan fingerprint density at radius 2 is 1.81 bits per heavy atom. The van der Waals surface area contributed by atoms with E-state index in [9.17, 15) is 4.79 Å². The molecule has 2 aromatic carbocycles. The minimum absolute atomic E-state index is 0.260. The van der Waals surface area contributed by atoms with E-state index in [2.05, 4.69) is 20.3 Å². The van der Waals surface area contributed by atoms with Gasteiger partial charge in [-0.25, -0.2) is 9.97 Å². The molecule has 4 aromatic rings. The van der Waals surface area contributed by atoms with Crippen LogP contribution in [0, 0.1) is 5.92 Å². The number of nitrogens with zero attached hydrogens (tertiary/aromatic N) is 4. The van der Waals surface area contributed by atoms with Crippen LogP contribution in [0.5, 0.6) is 0 Å². The first-order valence-corrected chi connectivity index (χ1v) is 10.3. The van der Waals surface area contributed by atoms with Crippen molar-refractivity contribution in [2.24, 2.45) is 5.92 Å². The zero-order valence-electron chi connectivity index (χ0n) is 17.6. The van der Waals surface area contributed by atoms with Crippen molar-refractivity contribution in [1.82, 2.24) is 19.5 Å². The SMILES string of the molecule is CC(C)COC(=O)[C@@H](CNc1nccc(-n2cnc3ccccc32)n1)c1ccccc1. The highest BCUT2D eigenvalue weighted by molar-refractivity contribution is 5.79. The number of ether oxygens (including phenoxy) is 1. The Bertz CT molecular complexity index is 1160. The summed E-state index contributed by atoms with van der Waals surface area (Å²) >= 11 is 0. The summed E-state index contributed by atoms with van der Waals surface area (Å²) in [6, 6.07) is 19.3. The molecular weight excluding hydrogens is 390 g/mol. The van der Waals surface area contributed by atoms with Crippen LogP contribution in [0.3, 0.4) is 0 Å². The topological polar surface area (TPSA) is 81.9 Å². The summed E-state index contributed by atoms with van der Waals surface area (Å²) in [5.74, 6) is 0.696. The Hall–Kier alpha value is -3.74. The van der Waals surface area contributed by atoms with Crippen LogP contribution in [0.1, 0.15) is 25.3 Å². The highest BCUT2D eigenvalue weighted by atomic mass is 16.5. The molecule has 4 rings (SSSR count). The fourth-order valence-corrected chi connectivity index (χ4v) is 3.28. The molecule has 0 bridgehead atoms. The van der Waals surface area contributed by atoms with Gasteiger partial charge in [0.05, 0.1) is 23.6 Å². The van der Waals surface area contributed by atoms with Gasteiger partial charge in [0.25, 0.3) is 0 Å². The summed E-state index contributed by atoms with van der Waals surface area (Å²) in [6.45, 7) is 4.75. The van der Waals surface area contributed by atoms with Gasteiger partial charge >= 0.3 is 5.97 Å². The van der Waals surface area contributed by atoms with E-state index >= 15 is 0 Å². The van der Waals surface area contributed by atoms with E-state index < -0.39 is 5.92 Å². The summed E-state index contributed by atoms with van der Waals surface area (Å²) in [6.07, 6.45) is 3.43. The van der Waals surface area contributed by atoms with Crippen LogP contribution >= 0.6 is 0 Å². The number of hydrogen-bond donors (Lipinski definition) is 1. The van der Waals surface area contributed by atoms with E-state index in [-0.39, 0.29) is 11.9 Å². The van der Waals surface area contributed by atoms with Crippen molar-refractivity contribution in [1.29, 1.82) is 0 Å². The molecule has 2 aromatic heterocycles. The smallest absolute Gasteiger partial charge is 0.315 e. The van der Waals surface area contributed by atoms with Gasteiger partial charge in [-0.15, -0.1) is 0 Å². The number of esters is 1. The third kappa shape index (κ3) is 4.88. The van der Waals surface area contributed by atoms with E-state index in [0.29, 0.717) is 24.9 Å². The molecule has 0 saturated heterocycles. The van der Waals surface area contributed by atoms with Crippen LogP contribution in [-0.4, -0.2) is 38.6 Å². The fourth-order valence-electron chi connectivity index (χ4n) is 3.28. The van der Waals surface area contributed by atoms with Crippen LogP contribution in [-0.2, 0) is 9.53 Å². The summed E-state index contributed by atoms with van der Waals surface area (Å²) in [5, 5.41) is 3.21. The molecule has 1 N–H and O–H groups in total. The molecule has 0 aliphatic carbocycles. The molecule has 0 fully saturated rings. The van der Waals surface area contributed by atoms with Gasteiger partial charge in [-0.3, -0.25) is 9.36 Å². The number of nitrogens with one attached hydrogen (secondary N) is 1.